The molecular formula is C16H20ClNO3. The monoisotopic (exact) mass is 309 g/mol. The molecule has 1 aliphatic rings. The van der Waals surface area contributed by atoms with Gasteiger partial charge in [-0.1, -0.05) is 11.6 Å². The number of benzene rings is 1. The van der Waals surface area contributed by atoms with E-state index in [4.69, 9.17) is 16.3 Å². The molecule has 0 radical (unpaired) electrons. The Balaban J connectivity index is 2.28. The van der Waals surface area contributed by atoms with Crippen LogP contribution in [0.5, 0.6) is 5.75 Å². The first-order valence-electron chi connectivity index (χ1n) is 7.17. The van der Waals surface area contributed by atoms with Gasteiger partial charge < -0.3 is 9.64 Å². The number of carbonyl (C=O) groups excluding carboxylic acids is 2. The number of rotatable bonds is 4. The van der Waals surface area contributed by atoms with Gasteiger partial charge >= 0.3 is 0 Å². The normalized spacial score (nSPS) is 18.4. The van der Waals surface area contributed by atoms with Crippen molar-refractivity contribution in [1.29, 1.82) is 0 Å². The van der Waals surface area contributed by atoms with Gasteiger partial charge in [0.25, 0.3) is 5.91 Å². The van der Waals surface area contributed by atoms with Crippen LogP contribution in [-0.4, -0.2) is 36.3 Å². The minimum absolute atomic E-state index is 0.0209. The zero-order chi connectivity index (χ0) is 15.4. The van der Waals surface area contributed by atoms with Crippen molar-refractivity contribution >= 4 is 23.3 Å². The summed E-state index contributed by atoms with van der Waals surface area (Å²) in [4.78, 5) is 26.0. The van der Waals surface area contributed by atoms with Crippen LogP contribution in [0.25, 0.3) is 0 Å². The van der Waals surface area contributed by atoms with E-state index in [0.29, 0.717) is 29.3 Å². The fraction of sp³-hybridized carbons (Fsp3) is 0.500. The topological polar surface area (TPSA) is 46.6 Å². The van der Waals surface area contributed by atoms with Gasteiger partial charge in [0.2, 0.25) is 0 Å². The summed E-state index contributed by atoms with van der Waals surface area (Å²) in [5.41, 5.74) is 0.459. The van der Waals surface area contributed by atoms with Crippen LogP contribution in [0.4, 0.5) is 0 Å². The molecule has 0 aromatic heterocycles. The Bertz CT molecular complexity index is 544. The molecule has 0 bridgehead atoms. The minimum atomic E-state index is -0.111. The maximum absolute atomic E-state index is 12.8. The molecule has 0 spiro atoms. The maximum Gasteiger partial charge on any atom is 0.257 e. The number of hydrogen-bond acceptors (Lipinski definition) is 3. The van der Waals surface area contributed by atoms with Crippen LogP contribution in [0.1, 0.15) is 43.0 Å². The summed E-state index contributed by atoms with van der Waals surface area (Å²) >= 11 is 6.00. The highest BCUT2D eigenvalue weighted by Gasteiger charge is 2.29. The van der Waals surface area contributed by atoms with Crippen LogP contribution in [0.3, 0.4) is 0 Å². The van der Waals surface area contributed by atoms with E-state index in [-0.39, 0.29) is 17.7 Å². The van der Waals surface area contributed by atoms with Crippen molar-refractivity contribution in [3.05, 3.63) is 28.8 Å². The first-order chi connectivity index (χ1) is 10.0. The number of nitrogens with zero attached hydrogens (tertiary/aromatic N) is 1. The highest BCUT2D eigenvalue weighted by molar-refractivity contribution is 6.31. The number of piperidine rings is 1. The number of halogens is 1. The molecular weight excluding hydrogens is 290 g/mol. The molecule has 1 fully saturated rings. The lowest BCUT2D eigenvalue weighted by Crippen LogP contribution is -2.44. The van der Waals surface area contributed by atoms with Crippen LogP contribution in [0.15, 0.2) is 18.2 Å². The Hall–Kier alpha value is -1.55. The van der Waals surface area contributed by atoms with E-state index in [2.05, 4.69) is 0 Å². The second-order valence-corrected chi connectivity index (χ2v) is 5.84. The molecule has 0 aliphatic carbocycles. The van der Waals surface area contributed by atoms with Gasteiger partial charge in [-0.15, -0.1) is 0 Å². The van der Waals surface area contributed by atoms with Crippen molar-refractivity contribution in [1.82, 2.24) is 4.90 Å². The molecule has 1 aromatic rings. The van der Waals surface area contributed by atoms with Crippen molar-refractivity contribution in [2.75, 3.05) is 13.7 Å². The smallest absolute Gasteiger partial charge is 0.257 e. The van der Waals surface area contributed by atoms with Crippen LogP contribution in [0, 0.1) is 0 Å². The Morgan fingerprint density at radius 2 is 2.14 bits per heavy atom. The first kappa shape index (κ1) is 15.8. The van der Waals surface area contributed by atoms with Gasteiger partial charge in [-0.3, -0.25) is 9.59 Å². The van der Waals surface area contributed by atoms with E-state index in [1.54, 1.807) is 30.0 Å². The van der Waals surface area contributed by atoms with Crippen LogP contribution >= 0.6 is 11.6 Å². The molecule has 114 valence electrons. The summed E-state index contributed by atoms with van der Waals surface area (Å²) in [5, 5.41) is 0.499. The third-order valence-electron chi connectivity index (χ3n) is 3.80. The van der Waals surface area contributed by atoms with Gasteiger partial charge in [-0.2, -0.15) is 0 Å². The Kier molecular flexibility index (Phi) is 5.23. The molecule has 5 heteroatoms. The second kappa shape index (κ2) is 6.94. The van der Waals surface area contributed by atoms with E-state index >= 15 is 0 Å². The number of ether oxygens (including phenoxy) is 1. The molecule has 4 nitrogen and oxygen atoms in total. The third kappa shape index (κ3) is 3.76. The summed E-state index contributed by atoms with van der Waals surface area (Å²) in [7, 11) is 1.53. The Morgan fingerprint density at radius 3 is 2.81 bits per heavy atom. The van der Waals surface area contributed by atoms with Gasteiger partial charge in [0.15, 0.2) is 0 Å². The fourth-order valence-corrected chi connectivity index (χ4v) is 2.99. The van der Waals surface area contributed by atoms with Crippen molar-refractivity contribution in [3.8, 4) is 5.75 Å². The van der Waals surface area contributed by atoms with Gasteiger partial charge in [0, 0.05) is 24.0 Å². The van der Waals surface area contributed by atoms with Gasteiger partial charge in [-0.05, 0) is 44.4 Å². The SMILES string of the molecule is COc1ccc(Cl)cc1C(=O)N1CCCCC1CC(C)=O. The lowest BCUT2D eigenvalue weighted by atomic mass is 9.96. The zero-order valence-electron chi connectivity index (χ0n) is 12.4. The summed E-state index contributed by atoms with van der Waals surface area (Å²) in [5.74, 6) is 0.509. The van der Waals surface area contributed by atoms with E-state index in [1.807, 2.05) is 0 Å². The van der Waals surface area contributed by atoms with Crippen LogP contribution in [0.2, 0.25) is 5.02 Å². The molecule has 0 saturated carbocycles. The highest BCUT2D eigenvalue weighted by Crippen LogP contribution is 2.28. The maximum atomic E-state index is 12.8. The summed E-state index contributed by atoms with van der Waals surface area (Å²) in [6.07, 6.45) is 3.29. The average Bonchev–Trinajstić information content (AvgIpc) is 2.46. The summed E-state index contributed by atoms with van der Waals surface area (Å²) in [6.45, 7) is 2.24. The molecule has 1 heterocycles. The molecule has 1 amide bonds. The van der Waals surface area contributed by atoms with Crippen LogP contribution < -0.4 is 4.74 Å². The fourth-order valence-electron chi connectivity index (χ4n) is 2.81. The first-order valence-corrected chi connectivity index (χ1v) is 7.54. The van der Waals surface area contributed by atoms with Gasteiger partial charge in [0.1, 0.15) is 11.5 Å². The number of carbonyl (C=O) groups is 2. The average molecular weight is 310 g/mol. The Labute approximate surface area is 130 Å². The second-order valence-electron chi connectivity index (χ2n) is 5.40. The number of hydrogen-bond donors (Lipinski definition) is 0. The summed E-state index contributed by atoms with van der Waals surface area (Å²) < 4.78 is 5.26. The Morgan fingerprint density at radius 1 is 1.38 bits per heavy atom. The molecule has 1 unspecified atom stereocenters. The standard InChI is InChI=1S/C16H20ClNO3/c1-11(19)9-13-5-3-4-8-18(13)16(20)14-10-12(17)6-7-15(14)21-2/h6-7,10,13H,3-5,8-9H2,1-2H3. The predicted octanol–water partition coefficient (Wildman–Crippen LogP) is 3.32. The number of likely N-dealkylation sites (tertiary alicyclic amines) is 1. The third-order valence-corrected chi connectivity index (χ3v) is 4.04. The number of amides is 1. The molecule has 21 heavy (non-hydrogen) atoms. The molecule has 0 N–H and O–H groups in total. The van der Waals surface area contributed by atoms with Gasteiger partial charge in [-0.25, -0.2) is 0 Å². The van der Waals surface area contributed by atoms with Crippen LogP contribution in [-0.2, 0) is 4.79 Å². The lowest BCUT2D eigenvalue weighted by molar-refractivity contribution is -0.118. The van der Waals surface area contributed by atoms with Crippen molar-refractivity contribution in [2.24, 2.45) is 0 Å². The molecule has 2 rings (SSSR count). The quantitative estimate of drug-likeness (QED) is 0.857. The van der Waals surface area contributed by atoms with E-state index < -0.39 is 0 Å². The lowest BCUT2D eigenvalue weighted by Gasteiger charge is -2.35. The van der Waals surface area contributed by atoms with E-state index in [9.17, 15) is 9.59 Å². The minimum Gasteiger partial charge on any atom is -0.496 e. The number of Topliss-reactive ketones (excluding diaryl/α,β-unsaturated/α-hetero) is 1. The predicted molar refractivity (Wildman–Crippen MR) is 82.0 cm³/mol. The molecule has 1 atom stereocenters. The number of methoxy groups -OCH3 is 1. The van der Waals surface area contributed by atoms with E-state index in [1.165, 1.54) is 7.11 Å². The van der Waals surface area contributed by atoms with Crippen molar-refractivity contribution < 1.29 is 14.3 Å². The largest absolute Gasteiger partial charge is 0.496 e. The number of ketones is 1. The molecule has 1 aliphatic heterocycles. The summed E-state index contributed by atoms with van der Waals surface area (Å²) in [6, 6.07) is 5.00. The zero-order valence-corrected chi connectivity index (χ0v) is 13.2. The van der Waals surface area contributed by atoms with Crippen molar-refractivity contribution in [2.45, 2.75) is 38.6 Å². The highest BCUT2D eigenvalue weighted by atomic mass is 35.5. The molecule has 1 aromatic carbocycles. The van der Waals surface area contributed by atoms with Gasteiger partial charge in [0.05, 0.1) is 12.7 Å². The molecule has 1 saturated heterocycles. The van der Waals surface area contributed by atoms with E-state index in [0.717, 1.165) is 19.3 Å². The van der Waals surface area contributed by atoms with Crippen molar-refractivity contribution in [3.63, 3.8) is 0 Å².